The highest BCUT2D eigenvalue weighted by Crippen LogP contribution is 2.42. The molecule has 0 saturated heterocycles. The van der Waals surface area contributed by atoms with Crippen LogP contribution in [0.2, 0.25) is 0 Å². The van der Waals surface area contributed by atoms with Gasteiger partial charge in [-0.15, -0.1) is 0 Å². The van der Waals surface area contributed by atoms with Gasteiger partial charge in [-0.2, -0.15) is 0 Å². The summed E-state index contributed by atoms with van der Waals surface area (Å²) in [6, 6.07) is 3.01. The highest BCUT2D eigenvalue weighted by molar-refractivity contribution is 5.88. The SMILES string of the molecule is COc1cc2c(=O)cc(C)oc2c(OC)c1OC. The first-order valence-corrected chi connectivity index (χ1v) is 5.35. The second kappa shape index (κ2) is 4.60. The minimum Gasteiger partial charge on any atom is -0.493 e. The van der Waals surface area contributed by atoms with Gasteiger partial charge < -0.3 is 18.6 Å². The monoisotopic (exact) mass is 250 g/mol. The molecule has 0 aliphatic carbocycles. The second-order valence-corrected chi connectivity index (χ2v) is 3.74. The van der Waals surface area contributed by atoms with Crippen molar-refractivity contribution in [1.29, 1.82) is 0 Å². The third-order valence-electron chi connectivity index (χ3n) is 2.65. The molecule has 0 saturated carbocycles. The topological polar surface area (TPSA) is 57.9 Å². The summed E-state index contributed by atoms with van der Waals surface area (Å²) in [5, 5.41) is 0.398. The average molecular weight is 250 g/mol. The first kappa shape index (κ1) is 12.3. The average Bonchev–Trinajstić information content (AvgIpc) is 2.36. The Bertz CT molecular complexity index is 642. The predicted octanol–water partition coefficient (Wildman–Crippen LogP) is 2.13. The summed E-state index contributed by atoms with van der Waals surface area (Å²) in [7, 11) is 4.48. The minimum absolute atomic E-state index is 0.145. The molecular formula is C13H14O5. The van der Waals surface area contributed by atoms with E-state index < -0.39 is 0 Å². The zero-order valence-corrected chi connectivity index (χ0v) is 10.7. The highest BCUT2D eigenvalue weighted by atomic mass is 16.5. The van der Waals surface area contributed by atoms with Gasteiger partial charge >= 0.3 is 0 Å². The van der Waals surface area contributed by atoms with Gasteiger partial charge in [-0.1, -0.05) is 0 Å². The lowest BCUT2D eigenvalue weighted by Gasteiger charge is -2.13. The summed E-state index contributed by atoms with van der Waals surface area (Å²) >= 11 is 0. The van der Waals surface area contributed by atoms with Crippen LogP contribution in [0.1, 0.15) is 5.76 Å². The van der Waals surface area contributed by atoms with E-state index in [9.17, 15) is 4.79 Å². The Morgan fingerprint density at radius 1 is 1.00 bits per heavy atom. The number of fused-ring (bicyclic) bond motifs is 1. The van der Waals surface area contributed by atoms with Gasteiger partial charge in [0.2, 0.25) is 11.5 Å². The molecule has 0 aliphatic rings. The lowest BCUT2D eigenvalue weighted by Crippen LogP contribution is -2.04. The maximum atomic E-state index is 11.9. The molecule has 0 fully saturated rings. The number of hydrogen-bond donors (Lipinski definition) is 0. The summed E-state index contributed by atoms with van der Waals surface area (Å²) in [6.45, 7) is 1.71. The van der Waals surface area contributed by atoms with Crippen LogP contribution in [0.15, 0.2) is 21.3 Å². The molecule has 1 aromatic heterocycles. The standard InChI is InChI=1S/C13H14O5/c1-7-5-9(14)8-6-10(15-2)12(16-3)13(17-4)11(8)18-7/h5-6H,1-4H3. The van der Waals surface area contributed by atoms with E-state index in [1.54, 1.807) is 13.0 Å². The summed E-state index contributed by atoms with van der Waals surface area (Å²) in [5.41, 5.74) is 0.216. The molecule has 0 N–H and O–H groups in total. The van der Waals surface area contributed by atoms with E-state index in [0.717, 1.165) is 0 Å². The quantitative estimate of drug-likeness (QED) is 0.835. The van der Waals surface area contributed by atoms with Crippen molar-refractivity contribution in [3.63, 3.8) is 0 Å². The molecule has 1 heterocycles. The van der Waals surface area contributed by atoms with E-state index in [2.05, 4.69) is 0 Å². The van der Waals surface area contributed by atoms with Crippen molar-refractivity contribution < 1.29 is 18.6 Å². The van der Waals surface area contributed by atoms with E-state index >= 15 is 0 Å². The van der Waals surface area contributed by atoms with Gasteiger partial charge in [0.15, 0.2) is 16.8 Å². The normalized spacial score (nSPS) is 10.4. The van der Waals surface area contributed by atoms with Gasteiger partial charge in [-0.3, -0.25) is 4.79 Å². The van der Waals surface area contributed by atoms with E-state index in [1.807, 2.05) is 0 Å². The Labute approximate surface area is 104 Å². The van der Waals surface area contributed by atoms with E-state index in [0.29, 0.717) is 34.0 Å². The molecule has 0 aliphatic heterocycles. The number of aryl methyl sites for hydroxylation is 1. The van der Waals surface area contributed by atoms with Crippen LogP contribution in [-0.4, -0.2) is 21.3 Å². The molecule has 5 nitrogen and oxygen atoms in total. The number of hydrogen-bond acceptors (Lipinski definition) is 5. The summed E-state index contributed by atoms with van der Waals surface area (Å²) in [6.07, 6.45) is 0. The Hall–Kier alpha value is -2.17. The largest absolute Gasteiger partial charge is 0.493 e. The Morgan fingerprint density at radius 2 is 1.67 bits per heavy atom. The lowest BCUT2D eigenvalue weighted by molar-refractivity contribution is 0.323. The fourth-order valence-electron chi connectivity index (χ4n) is 1.87. The Morgan fingerprint density at radius 3 is 2.22 bits per heavy atom. The van der Waals surface area contributed by atoms with Crippen LogP contribution in [0.4, 0.5) is 0 Å². The van der Waals surface area contributed by atoms with E-state index in [1.165, 1.54) is 27.4 Å². The van der Waals surface area contributed by atoms with Crippen molar-refractivity contribution >= 4 is 11.0 Å². The molecular weight excluding hydrogens is 236 g/mol. The van der Waals surface area contributed by atoms with Crippen molar-refractivity contribution in [2.75, 3.05) is 21.3 Å². The molecule has 0 radical (unpaired) electrons. The Balaban J connectivity index is 2.97. The van der Waals surface area contributed by atoms with Gasteiger partial charge in [-0.05, 0) is 13.0 Å². The molecule has 0 atom stereocenters. The number of ether oxygens (including phenoxy) is 3. The van der Waals surface area contributed by atoms with Gasteiger partial charge in [0.1, 0.15) is 5.76 Å². The van der Waals surface area contributed by atoms with Crippen LogP contribution in [0.25, 0.3) is 11.0 Å². The smallest absolute Gasteiger partial charge is 0.208 e. The summed E-state index contributed by atoms with van der Waals surface area (Å²) in [4.78, 5) is 11.9. The molecule has 2 aromatic rings. The minimum atomic E-state index is -0.145. The molecule has 0 spiro atoms. The second-order valence-electron chi connectivity index (χ2n) is 3.74. The third-order valence-corrected chi connectivity index (χ3v) is 2.65. The Kier molecular flexibility index (Phi) is 3.14. The van der Waals surface area contributed by atoms with Crippen molar-refractivity contribution in [2.45, 2.75) is 6.92 Å². The van der Waals surface area contributed by atoms with Crippen molar-refractivity contribution in [2.24, 2.45) is 0 Å². The van der Waals surface area contributed by atoms with Crippen molar-refractivity contribution in [3.8, 4) is 17.2 Å². The number of methoxy groups -OCH3 is 3. The lowest BCUT2D eigenvalue weighted by atomic mass is 10.1. The van der Waals surface area contributed by atoms with Gasteiger partial charge in [0.25, 0.3) is 0 Å². The first-order valence-electron chi connectivity index (χ1n) is 5.35. The summed E-state index contributed by atoms with van der Waals surface area (Å²) in [5.74, 6) is 1.70. The van der Waals surface area contributed by atoms with Gasteiger partial charge in [0, 0.05) is 6.07 Å². The predicted molar refractivity (Wildman–Crippen MR) is 66.9 cm³/mol. The molecule has 96 valence electrons. The maximum absolute atomic E-state index is 11.9. The molecule has 0 bridgehead atoms. The van der Waals surface area contributed by atoms with Crippen LogP contribution < -0.4 is 19.6 Å². The summed E-state index contributed by atoms with van der Waals surface area (Å²) < 4.78 is 21.2. The van der Waals surface area contributed by atoms with Gasteiger partial charge in [-0.25, -0.2) is 0 Å². The maximum Gasteiger partial charge on any atom is 0.208 e. The van der Waals surface area contributed by atoms with Crippen molar-refractivity contribution in [1.82, 2.24) is 0 Å². The number of benzene rings is 1. The fourth-order valence-corrected chi connectivity index (χ4v) is 1.87. The zero-order chi connectivity index (χ0) is 13.3. The van der Waals surface area contributed by atoms with Gasteiger partial charge in [0.05, 0.1) is 26.7 Å². The van der Waals surface area contributed by atoms with Crippen molar-refractivity contribution in [3.05, 3.63) is 28.1 Å². The molecule has 2 rings (SSSR count). The molecule has 5 heteroatoms. The van der Waals surface area contributed by atoms with E-state index in [-0.39, 0.29) is 5.43 Å². The molecule has 0 amide bonds. The highest BCUT2D eigenvalue weighted by Gasteiger charge is 2.19. The van der Waals surface area contributed by atoms with Crippen LogP contribution >= 0.6 is 0 Å². The van der Waals surface area contributed by atoms with Crippen LogP contribution in [-0.2, 0) is 0 Å². The zero-order valence-electron chi connectivity index (χ0n) is 10.7. The molecule has 1 aromatic carbocycles. The fraction of sp³-hybridized carbons (Fsp3) is 0.308. The number of rotatable bonds is 3. The van der Waals surface area contributed by atoms with Crippen LogP contribution in [0, 0.1) is 6.92 Å². The third kappa shape index (κ3) is 1.77. The molecule has 18 heavy (non-hydrogen) atoms. The van der Waals surface area contributed by atoms with Crippen LogP contribution in [0.3, 0.4) is 0 Å². The van der Waals surface area contributed by atoms with Crippen LogP contribution in [0.5, 0.6) is 17.2 Å². The molecule has 0 unspecified atom stereocenters. The van der Waals surface area contributed by atoms with E-state index in [4.69, 9.17) is 18.6 Å². The first-order chi connectivity index (χ1) is 8.62.